The lowest BCUT2D eigenvalue weighted by molar-refractivity contribution is 0.475. The molecule has 2 aromatic heterocycles. The summed E-state index contributed by atoms with van der Waals surface area (Å²) >= 11 is 3.60. The minimum atomic E-state index is 0.506. The van der Waals surface area contributed by atoms with Gasteiger partial charge in [-0.2, -0.15) is 0 Å². The largest absolute Gasteiger partial charge is 0.452 e. The third-order valence-corrected chi connectivity index (χ3v) is 7.27. The van der Waals surface area contributed by atoms with E-state index >= 15 is 0 Å². The van der Waals surface area contributed by atoms with Gasteiger partial charge in [-0.3, -0.25) is 0 Å². The standard InChI is InChI=1S/C32H18BrN3O3/c33-20-15-16-25-29(18-20)37-30-22(32-35-24-11-2-4-14-28(24)39-32)9-6-12-26(30)36(25)21-8-5-7-19(17-21)31-34-23-10-1-3-13-27(23)38-31/h1-18H. The third kappa shape index (κ3) is 3.62. The molecule has 0 saturated carbocycles. The van der Waals surface area contributed by atoms with Gasteiger partial charge >= 0.3 is 0 Å². The molecule has 7 heteroatoms. The summed E-state index contributed by atoms with van der Waals surface area (Å²) in [5, 5.41) is 0. The Balaban J connectivity index is 1.31. The molecule has 3 heterocycles. The van der Waals surface area contributed by atoms with Crippen LogP contribution in [0.4, 0.5) is 17.1 Å². The minimum Gasteiger partial charge on any atom is -0.452 e. The average molecular weight is 572 g/mol. The molecule has 0 atom stereocenters. The van der Waals surface area contributed by atoms with E-state index in [1.54, 1.807) is 0 Å². The van der Waals surface area contributed by atoms with Crippen LogP contribution in [0.25, 0.3) is 45.1 Å². The fraction of sp³-hybridized carbons (Fsp3) is 0. The summed E-state index contributed by atoms with van der Waals surface area (Å²) in [4.78, 5) is 11.6. The van der Waals surface area contributed by atoms with Crippen LogP contribution in [0, 0.1) is 0 Å². The lowest BCUT2D eigenvalue weighted by Gasteiger charge is -2.33. The van der Waals surface area contributed by atoms with E-state index in [9.17, 15) is 0 Å². The van der Waals surface area contributed by atoms with Crippen molar-refractivity contribution in [2.45, 2.75) is 0 Å². The van der Waals surface area contributed by atoms with E-state index in [0.717, 1.165) is 54.9 Å². The lowest BCUT2D eigenvalue weighted by Crippen LogP contribution is -2.16. The Hall–Kier alpha value is -4.88. The topological polar surface area (TPSA) is 64.5 Å². The fourth-order valence-electron chi connectivity index (χ4n) is 5.01. The highest BCUT2D eigenvalue weighted by atomic mass is 79.9. The molecule has 7 aromatic rings. The Morgan fingerprint density at radius 1 is 0.615 bits per heavy atom. The van der Waals surface area contributed by atoms with Gasteiger partial charge in [-0.1, -0.05) is 52.3 Å². The monoisotopic (exact) mass is 571 g/mol. The van der Waals surface area contributed by atoms with Crippen LogP contribution in [0.5, 0.6) is 11.5 Å². The molecule has 8 rings (SSSR count). The van der Waals surface area contributed by atoms with Crippen LogP contribution in [-0.2, 0) is 0 Å². The number of nitrogens with zero attached hydrogens (tertiary/aromatic N) is 3. The van der Waals surface area contributed by atoms with E-state index in [1.807, 2.05) is 97.1 Å². The van der Waals surface area contributed by atoms with E-state index in [2.05, 4.69) is 33.0 Å². The number of aromatic nitrogens is 2. The van der Waals surface area contributed by atoms with E-state index in [0.29, 0.717) is 23.3 Å². The highest BCUT2D eigenvalue weighted by molar-refractivity contribution is 9.10. The van der Waals surface area contributed by atoms with Crippen LogP contribution >= 0.6 is 15.9 Å². The van der Waals surface area contributed by atoms with Crippen LogP contribution in [0.15, 0.2) is 123 Å². The van der Waals surface area contributed by atoms with Gasteiger partial charge in [0.1, 0.15) is 11.0 Å². The molecule has 0 radical (unpaired) electrons. The van der Waals surface area contributed by atoms with Crippen LogP contribution in [-0.4, -0.2) is 9.97 Å². The van der Waals surface area contributed by atoms with Gasteiger partial charge in [-0.15, -0.1) is 0 Å². The molecule has 6 nitrogen and oxygen atoms in total. The summed E-state index contributed by atoms with van der Waals surface area (Å²) in [5.41, 5.74) is 7.49. The second-order valence-electron chi connectivity index (χ2n) is 9.23. The molecule has 0 unspecified atom stereocenters. The molecule has 1 aliphatic heterocycles. The second kappa shape index (κ2) is 8.58. The van der Waals surface area contributed by atoms with Crippen molar-refractivity contribution in [1.29, 1.82) is 0 Å². The smallest absolute Gasteiger partial charge is 0.231 e. The van der Waals surface area contributed by atoms with E-state index in [1.165, 1.54) is 0 Å². The first-order chi connectivity index (χ1) is 19.2. The van der Waals surface area contributed by atoms with Crippen LogP contribution in [0.2, 0.25) is 0 Å². The lowest BCUT2D eigenvalue weighted by atomic mass is 10.1. The summed E-state index contributed by atoms with van der Waals surface area (Å²) in [6, 6.07) is 35.7. The van der Waals surface area contributed by atoms with Gasteiger partial charge in [0.25, 0.3) is 0 Å². The minimum absolute atomic E-state index is 0.506. The maximum Gasteiger partial charge on any atom is 0.231 e. The summed E-state index contributed by atoms with van der Waals surface area (Å²) in [6.07, 6.45) is 0. The molecule has 0 fully saturated rings. The van der Waals surface area contributed by atoms with E-state index < -0.39 is 0 Å². The van der Waals surface area contributed by atoms with Gasteiger partial charge in [0.15, 0.2) is 22.7 Å². The quantitative estimate of drug-likeness (QED) is 0.210. The van der Waals surface area contributed by atoms with E-state index in [-0.39, 0.29) is 0 Å². The zero-order valence-electron chi connectivity index (χ0n) is 20.3. The molecule has 39 heavy (non-hydrogen) atoms. The van der Waals surface area contributed by atoms with Gasteiger partial charge in [-0.25, -0.2) is 9.97 Å². The van der Waals surface area contributed by atoms with Gasteiger partial charge in [0, 0.05) is 15.7 Å². The zero-order chi connectivity index (χ0) is 25.9. The normalized spacial score (nSPS) is 12.4. The van der Waals surface area contributed by atoms with Crippen molar-refractivity contribution in [3.05, 3.63) is 114 Å². The number of para-hydroxylation sites is 5. The predicted molar refractivity (Wildman–Crippen MR) is 155 cm³/mol. The first-order valence-corrected chi connectivity index (χ1v) is 13.2. The zero-order valence-corrected chi connectivity index (χ0v) is 21.9. The van der Waals surface area contributed by atoms with E-state index in [4.69, 9.17) is 23.5 Å². The molecule has 186 valence electrons. The number of ether oxygens (including phenoxy) is 1. The van der Waals surface area contributed by atoms with Crippen molar-refractivity contribution < 1.29 is 13.6 Å². The molecule has 1 aliphatic rings. The maximum atomic E-state index is 6.54. The molecular formula is C32H18BrN3O3. The second-order valence-corrected chi connectivity index (χ2v) is 10.1. The van der Waals surface area contributed by atoms with Crippen LogP contribution < -0.4 is 9.64 Å². The summed E-state index contributed by atoms with van der Waals surface area (Å²) < 4.78 is 19.7. The highest BCUT2D eigenvalue weighted by Crippen LogP contribution is 2.54. The van der Waals surface area contributed by atoms with Gasteiger partial charge in [0.2, 0.25) is 11.8 Å². The Labute approximate surface area is 231 Å². The number of hydrogen-bond donors (Lipinski definition) is 0. The number of fused-ring (bicyclic) bond motifs is 4. The van der Waals surface area contributed by atoms with Gasteiger partial charge < -0.3 is 18.5 Å². The summed E-state index contributed by atoms with van der Waals surface area (Å²) in [5.74, 6) is 2.46. The molecule has 0 bridgehead atoms. The molecule has 0 N–H and O–H groups in total. The predicted octanol–water partition coefficient (Wildman–Crippen LogP) is 9.64. The SMILES string of the molecule is Brc1ccc2c(c1)Oc1c(-c3nc4ccccc4o3)cccc1N2c1cccc(-c2nc3ccccc3o2)c1. The van der Waals surface area contributed by atoms with Crippen molar-refractivity contribution in [2.24, 2.45) is 0 Å². The third-order valence-electron chi connectivity index (χ3n) is 6.78. The van der Waals surface area contributed by atoms with Crippen molar-refractivity contribution in [3.63, 3.8) is 0 Å². The van der Waals surface area contributed by atoms with Crippen molar-refractivity contribution in [3.8, 4) is 34.4 Å². The molecule has 0 aliphatic carbocycles. The van der Waals surface area contributed by atoms with Gasteiger partial charge in [-0.05, 0) is 72.8 Å². The van der Waals surface area contributed by atoms with Crippen molar-refractivity contribution >= 4 is 55.2 Å². The number of rotatable bonds is 3. The first-order valence-electron chi connectivity index (χ1n) is 12.4. The maximum absolute atomic E-state index is 6.54. The molecule has 5 aromatic carbocycles. The Bertz CT molecular complexity index is 1980. The highest BCUT2D eigenvalue weighted by Gasteiger charge is 2.30. The van der Waals surface area contributed by atoms with Crippen molar-refractivity contribution in [2.75, 3.05) is 4.90 Å². The van der Waals surface area contributed by atoms with Gasteiger partial charge in [0.05, 0.1) is 16.9 Å². The number of anilines is 3. The fourth-order valence-corrected chi connectivity index (χ4v) is 5.35. The molecule has 0 amide bonds. The summed E-state index contributed by atoms with van der Waals surface area (Å²) in [6.45, 7) is 0. The average Bonchev–Trinajstić information content (AvgIpc) is 3.60. The Morgan fingerprint density at radius 2 is 1.33 bits per heavy atom. The molecular weight excluding hydrogens is 554 g/mol. The number of hydrogen-bond acceptors (Lipinski definition) is 6. The Kier molecular flexibility index (Phi) is 4.87. The van der Waals surface area contributed by atoms with Crippen LogP contribution in [0.1, 0.15) is 0 Å². The Morgan fingerprint density at radius 3 is 2.13 bits per heavy atom. The number of benzene rings is 5. The van der Waals surface area contributed by atoms with Crippen molar-refractivity contribution in [1.82, 2.24) is 9.97 Å². The number of halogens is 1. The summed E-state index contributed by atoms with van der Waals surface area (Å²) in [7, 11) is 0. The molecule has 0 spiro atoms. The molecule has 0 saturated heterocycles. The van der Waals surface area contributed by atoms with Crippen LogP contribution in [0.3, 0.4) is 0 Å². The number of oxazole rings is 2. The first kappa shape index (κ1) is 22.1.